The quantitative estimate of drug-likeness (QED) is 0.214. The molecule has 0 aliphatic carbocycles. The molecule has 3 rings (SSSR count). The van der Waals surface area contributed by atoms with E-state index < -0.39 is 8.32 Å². The van der Waals surface area contributed by atoms with Crippen molar-refractivity contribution in [1.29, 1.82) is 0 Å². The molecule has 3 aromatic rings. The highest BCUT2D eigenvalue weighted by atomic mass is 28.4. The van der Waals surface area contributed by atoms with Crippen LogP contribution < -0.4 is 10.4 Å². The minimum atomic E-state index is -2.53. The normalized spacial score (nSPS) is 13.8. The highest BCUT2D eigenvalue weighted by Gasteiger charge is 2.50. The summed E-state index contributed by atoms with van der Waals surface area (Å²) < 4.78 is 13.2. The van der Waals surface area contributed by atoms with Crippen molar-refractivity contribution in [2.75, 3.05) is 6.61 Å². The highest BCUT2D eigenvalue weighted by molar-refractivity contribution is 6.99. The van der Waals surface area contributed by atoms with E-state index in [9.17, 15) is 4.79 Å². The maximum Gasteiger partial charge on any atom is 0.261 e. The number of aldehydes is 1. The molecule has 0 N–H and O–H groups in total. The van der Waals surface area contributed by atoms with E-state index in [1.165, 1.54) is 10.4 Å². The lowest BCUT2D eigenvalue weighted by Crippen LogP contribution is -2.66. The number of ether oxygens (including phenoxy) is 1. The molecular weight excluding hydrogens is 448 g/mol. The van der Waals surface area contributed by atoms with Crippen LogP contribution in [0.3, 0.4) is 0 Å². The van der Waals surface area contributed by atoms with Gasteiger partial charge in [-0.1, -0.05) is 119 Å². The molecule has 4 heteroatoms. The number of benzene rings is 3. The summed E-state index contributed by atoms with van der Waals surface area (Å²) in [6.07, 6.45) is 3.12. The topological polar surface area (TPSA) is 35.5 Å². The molecule has 0 unspecified atom stereocenters. The molecule has 2 atom stereocenters. The molecule has 0 bridgehead atoms. The van der Waals surface area contributed by atoms with Crippen LogP contribution in [0.25, 0.3) is 0 Å². The first-order valence-corrected chi connectivity index (χ1v) is 14.6. The Balaban J connectivity index is 1.70. The van der Waals surface area contributed by atoms with E-state index in [4.69, 9.17) is 9.16 Å². The van der Waals surface area contributed by atoms with Gasteiger partial charge in [0.25, 0.3) is 8.32 Å². The summed E-state index contributed by atoms with van der Waals surface area (Å²) in [4.78, 5) is 11.3. The third-order valence-corrected chi connectivity index (χ3v) is 11.7. The lowest BCUT2D eigenvalue weighted by molar-refractivity contribution is -0.110. The molecule has 0 amide bonds. The second-order valence-electron chi connectivity index (χ2n) is 10.5. The lowest BCUT2D eigenvalue weighted by Gasteiger charge is -2.43. The highest BCUT2D eigenvalue weighted by Crippen LogP contribution is 2.37. The Kier molecular flexibility index (Phi) is 10.0. The lowest BCUT2D eigenvalue weighted by atomic mass is 10.0. The van der Waals surface area contributed by atoms with Crippen LogP contribution in [0, 0.1) is 5.92 Å². The van der Waals surface area contributed by atoms with E-state index in [1.54, 1.807) is 0 Å². The van der Waals surface area contributed by atoms with Crippen molar-refractivity contribution in [3.8, 4) is 0 Å². The second-order valence-corrected chi connectivity index (χ2v) is 14.8. The third kappa shape index (κ3) is 7.23. The minimum Gasteiger partial charge on any atom is -0.407 e. The zero-order valence-electron chi connectivity index (χ0n) is 21.7. The molecule has 0 heterocycles. The van der Waals surface area contributed by atoms with Gasteiger partial charge >= 0.3 is 0 Å². The van der Waals surface area contributed by atoms with Crippen LogP contribution >= 0.6 is 0 Å². The van der Waals surface area contributed by atoms with Crippen LogP contribution in [-0.2, 0) is 20.6 Å². The monoisotopic (exact) mass is 488 g/mol. The van der Waals surface area contributed by atoms with Gasteiger partial charge in [-0.3, -0.25) is 0 Å². The number of carbonyl (C=O) groups is 1. The van der Waals surface area contributed by atoms with Crippen molar-refractivity contribution >= 4 is 25.0 Å². The van der Waals surface area contributed by atoms with Crippen LogP contribution in [0.5, 0.6) is 0 Å². The van der Waals surface area contributed by atoms with Crippen LogP contribution in [0.4, 0.5) is 0 Å². The van der Waals surface area contributed by atoms with Crippen molar-refractivity contribution in [1.82, 2.24) is 0 Å². The van der Waals surface area contributed by atoms with E-state index >= 15 is 0 Å². The van der Waals surface area contributed by atoms with E-state index in [0.29, 0.717) is 25.6 Å². The minimum absolute atomic E-state index is 0.0335. The smallest absolute Gasteiger partial charge is 0.261 e. The van der Waals surface area contributed by atoms with Crippen molar-refractivity contribution in [3.63, 3.8) is 0 Å². The molecular formula is C31H40O3Si. The fraction of sp³-hybridized carbons (Fsp3) is 0.387. The third-order valence-electron chi connectivity index (χ3n) is 6.67. The van der Waals surface area contributed by atoms with Crippen molar-refractivity contribution in [3.05, 3.63) is 96.6 Å². The van der Waals surface area contributed by atoms with Gasteiger partial charge in [0.05, 0.1) is 12.7 Å². The zero-order chi connectivity index (χ0) is 25.2. The second kappa shape index (κ2) is 13.0. The Morgan fingerprint density at radius 2 is 1.31 bits per heavy atom. The molecule has 0 aliphatic heterocycles. The van der Waals surface area contributed by atoms with Gasteiger partial charge in [-0.05, 0) is 39.7 Å². The van der Waals surface area contributed by atoms with E-state index in [1.807, 2.05) is 18.2 Å². The predicted molar refractivity (Wildman–Crippen MR) is 148 cm³/mol. The van der Waals surface area contributed by atoms with Gasteiger partial charge < -0.3 is 14.0 Å². The summed E-state index contributed by atoms with van der Waals surface area (Å²) in [5.41, 5.74) is 1.13. The van der Waals surface area contributed by atoms with Gasteiger partial charge in [0, 0.05) is 13.0 Å². The van der Waals surface area contributed by atoms with Crippen molar-refractivity contribution < 1.29 is 14.0 Å². The van der Waals surface area contributed by atoms with Crippen LogP contribution in [-0.4, -0.2) is 27.3 Å². The van der Waals surface area contributed by atoms with Gasteiger partial charge in [-0.15, -0.1) is 0 Å². The van der Waals surface area contributed by atoms with Crippen molar-refractivity contribution in [2.45, 2.75) is 64.7 Å². The Morgan fingerprint density at radius 1 is 0.800 bits per heavy atom. The number of hydrogen-bond acceptors (Lipinski definition) is 3. The molecule has 0 saturated carbocycles. The first-order valence-electron chi connectivity index (χ1n) is 12.7. The summed E-state index contributed by atoms with van der Waals surface area (Å²) in [6.45, 7) is 10.4. The average molecular weight is 489 g/mol. The van der Waals surface area contributed by atoms with Gasteiger partial charge in [-0.25, -0.2) is 0 Å². The fourth-order valence-corrected chi connectivity index (χ4v) is 9.44. The first kappa shape index (κ1) is 27.1. The van der Waals surface area contributed by atoms with Gasteiger partial charge in [0.1, 0.15) is 6.29 Å². The van der Waals surface area contributed by atoms with Gasteiger partial charge in [0.2, 0.25) is 0 Å². The van der Waals surface area contributed by atoms with Gasteiger partial charge in [-0.2, -0.15) is 0 Å². The largest absolute Gasteiger partial charge is 0.407 e. The van der Waals surface area contributed by atoms with E-state index in [0.717, 1.165) is 24.7 Å². The summed E-state index contributed by atoms with van der Waals surface area (Å²) in [7, 11) is -2.53. The molecule has 0 aromatic heterocycles. The molecule has 3 aromatic carbocycles. The number of rotatable bonds is 13. The average Bonchev–Trinajstić information content (AvgIpc) is 2.87. The van der Waals surface area contributed by atoms with Crippen LogP contribution in [0.15, 0.2) is 91.0 Å². The van der Waals surface area contributed by atoms with Crippen molar-refractivity contribution in [2.24, 2.45) is 5.92 Å². The molecule has 35 heavy (non-hydrogen) atoms. The Bertz CT molecular complexity index is 960. The molecule has 0 saturated heterocycles. The Hall–Kier alpha value is -2.53. The Morgan fingerprint density at radius 3 is 1.80 bits per heavy atom. The van der Waals surface area contributed by atoms with Gasteiger partial charge in [0.15, 0.2) is 0 Å². The molecule has 0 fully saturated rings. The standard InChI is InChI=1S/C31H40O3Si/c1-26(20-21-28(22-23-32)33-25-27-14-8-5-9-15-27)24-34-35(31(2,3)4,29-16-10-6-11-17-29)30-18-12-7-13-19-30/h5-19,23,26,28H,20-22,24-25H2,1-4H3/t26-,28+/m1/s1. The fourth-order valence-electron chi connectivity index (χ4n) is 4.75. The zero-order valence-corrected chi connectivity index (χ0v) is 22.7. The number of carbonyl (C=O) groups excluding carboxylic acids is 1. The predicted octanol–water partition coefficient (Wildman–Crippen LogP) is 6.15. The Labute approximate surface area is 212 Å². The molecule has 0 aliphatic rings. The summed E-state index contributed by atoms with van der Waals surface area (Å²) in [6, 6.07) is 31.7. The molecule has 3 nitrogen and oxygen atoms in total. The summed E-state index contributed by atoms with van der Waals surface area (Å²) in [5.74, 6) is 0.353. The molecule has 0 spiro atoms. The van der Waals surface area contributed by atoms with E-state index in [2.05, 4.69) is 100 Å². The van der Waals surface area contributed by atoms with Crippen LogP contribution in [0.1, 0.15) is 52.5 Å². The maximum atomic E-state index is 11.3. The first-order chi connectivity index (χ1) is 16.9. The SMILES string of the molecule is C[C@H](CC[C@@H](CC=O)OCc1ccccc1)CO[Si](c1ccccc1)(c1ccccc1)C(C)(C)C. The number of hydrogen-bond donors (Lipinski definition) is 0. The molecule has 186 valence electrons. The summed E-state index contributed by atoms with van der Waals surface area (Å²) >= 11 is 0. The van der Waals surface area contributed by atoms with Crippen LogP contribution in [0.2, 0.25) is 5.04 Å². The molecule has 0 radical (unpaired) electrons. The maximum absolute atomic E-state index is 11.3. The van der Waals surface area contributed by atoms with E-state index in [-0.39, 0.29) is 11.1 Å². The summed E-state index contributed by atoms with van der Waals surface area (Å²) in [5, 5.41) is 2.57.